The van der Waals surface area contributed by atoms with Crippen LogP contribution in [0, 0.1) is 5.41 Å². The monoisotopic (exact) mass is 168 g/mol. The Morgan fingerprint density at radius 2 is 1.92 bits per heavy atom. The highest BCUT2D eigenvalue weighted by Crippen LogP contribution is 2.24. The number of rotatable bonds is 0. The fourth-order valence-electron chi connectivity index (χ4n) is 0.834. The van der Waals surface area contributed by atoms with Gasteiger partial charge in [0.1, 0.15) is 0 Å². The minimum atomic E-state index is -0.833. The van der Waals surface area contributed by atoms with Crippen molar-refractivity contribution in [2.24, 2.45) is 5.41 Å². The van der Waals surface area contributed by atoms with Crippen molar-refractivity contribution in [3.05, 3.63) is 24.3 Å². The Labute approximate surface area is 73.6 Å². The van der Waals surface area contributed by atoms with Gasteiger partial charge >= 0.3 is 0 Å². The molecule has 12 heavy (non-hydrogen) atoms. The normalized spacial score (nSPS) is 17.9. The molecule has 1 aliphatic rings. The Morgan fingerprint density at radius 1 is 1.42 bits per heavy atom. The number of aliphatic carboxylic acids is 1. The van der Waals surface area contributed by atoms with Crippen LogP contribution in [-0.2, 0) is 4.79 Å². The minimum absolute atomic E-state index is 0.411. The van der Waals surface area contributed by atoms with Crippen LogP contribution >= 0.6 is 0 Å². The molecule has 0 bridgehead atoms. The van der Waals surface area contributed by atoms with Gasteiger partial charge in [-0.2, -0.15) is 0 Å². The molecule has 0 aromatic rings. The van der Waals surface area contributed by atoms with Gasteiger partial charge in [-0.3, -0.25) is 4.79 Å². The van der Waals surface area contributed by atoms with Crippen LogP contribution in [0.1, 0.15) is 27.2 Å². The average molecular weight is 168 g/mol. The van der Waals surface area contributed by atoms with Gasteiger partial charge in [-0.05, 0) is 11.8 Å². The van der Waals surface area contributed by atoms with Crippen molar-refractivity contribution in [2.75, 3.05) is 0 Å². The maximum Gasteiger partial charge on any atom is 0.300 e. The summed E-state index contributed by atoms with van der Waals surface area (Å²) in [6.07, 6.45) is 9.85. The molecule has 1 rings (SSSR count). The standard InChI is InChI=1S/C8H12.C2H4O2/c1-8(2)6-4-3-5-7-8;1-2(3)4/h3-6H,7H2,1-2H3;1H3,(H,3,4). The minimum Gasteiger partial charge on any atom is -0.481 e. The Hall–Kier alpha value is -1.05. The second kappa shape index (κ2) is 4.75. The second-order valence-electron chi connectivity index (χ2n) is 3.50. The lowest BCUT2D eigenvalue weighted by atomic mass is 9.86. The number of carbonyl (C=O) groups is 1. The molecule has 0 fully saturated rings. The van der Waals surface area contributed by atoms with E-state index in [0.29, 0.717) is 5.41 Å². The summed E-state index contributed by atoms with van der Waals surface area (Å²) < 4.78 is 0. The van der Waals surface area contributed by atoms with E-state index in [9.17, 15) is 0 Å². The first-order chi connectivity index (χ1) is 5.44. The van der Waals surface area contributed by atoms with Gasteiger partial charge < -0.3 is 5.11 Å². The van der Waals surface area contributed by atoms with E-state index in [2.05, 4.69) is 38.2 Å². The van der Waals surface area contributed by atoms with Crippen molar-refractivity contribution in [1.82, 2.24) is 0 Å². The van der Waals surface area contributed by atoms with Crippen LogP contribution in [0.3, 0.4) is 0 Å². The zero-order valence-electron chi connectivity index (χ0n) is 7.87. The predicted molar refractivity (Wildman–Crippen MR) is 50.0 cm³/mol. The van der Waals surface area contributed by atoms with Gasteiger partial charge in [-0.1, -0.05) is 38.2 Å². The molecular weight excluding hydrogens is 152 g/mol. The zero-order chi connectivity index (χ0) is 9.61. The first-order valence-corrected chi connectivity index (χ1v) is 3.98. The molecule has 0 unspecified atom stereocenters. The molecular formula is C10H16O2. The summed E-state index contributed by atoms with van der Waals surface area (Å²) in [5.41, 5.74) is 0.411. The smallest absolute Gasteiger partial charge is 0.300 e. The Morgan fingerprint density at radius 3 is 2.08 bits per heavy atom. The number of hydrogen-bond acceptors (Lipinski definition) is 1. The van der Waals surface area contributed by atoms with Crippen molar-refractivity contribution in [3.63, 3.8) is 0 Å². The van der Waals surface area contributed by atoms with E-state index in [1.807, 2.05) is 0 Å². The van der Waals surface area contributed by atoms with E-state index in [-0.39, 0.29) is 0 Å². The predicted octanol–water partition coefficient (Wildman–Crippen LogP) is 2.62. The molecule has 0 amide bonds. The Balaban J connectivity index is 0.000000261. The van der Waals surface area contributed by atoms with Crippen molar-refractivity contribution >= 4 is 5.97 Å². The molecule has 0 spiro atoms. The molecule has 1 N–H and O–H groups in total. The number of allylic oxidation sites excluding steroid dienone is 4. The van der Waals surface area contributed by atoms with Gasteiger partial charge in [0, 0.05) is 6.92 Å². The second-order valence-corrected chi connectivity index (χ2v) is 3.50. The lowest BCUT2D eigenvalue weighted by molar-refractivity contribution is -0.134. The molecule has 0 heterocycles. The third kappa shape index (κ3) is 7.06. The summed E-state index contributed by atoms with van der Waals surface area (Å²) in [6, 6.07) is 0. The summed E-state index contributed by atoms with van der Waals surface area (Å²) in [4.78, 5) is 9.00. The van der Waals surface area contributed by atoms with E-state index < -0.39 is 5.97 Å². The molecule has 0 aromatic carbocycles. The lowest BCUT2D eigenvalue weighted by Crippen LogP contribution is -2.06. The summed E-state index contributed by atoms with van der Waals surface area (Å²) in [6.45, 7) is 5.57. The van der Waals surface area contributed by atoms with Gasteiger partial charge in [0.2, 0.25) is 0 Å². The first kappa shape index (κ1) is 11.0. The summed E-state index contributed by atoms with van der Waals surface area (Å²) in [5, 5.41) is 7.42. The van der Waals surface area contributed by atoms with E-state index in [4.69, 9.17) is 9.90 Å². The molecule has 68 valence electrons. The first-order valence-electron chi connectivity index (χ1n) is 3.98. The van der Waals surface area contributed by atoms with Crippen LogP contribution in [0.25, 0.3) is 0 Å². The zero-order valence-corrected chi connectivity index (χ0v) is 7.87. The molecule has 1 aliphatic carbocycles. The molecule has 0 radical (unpaired) electrons. The maximum atomic E-state index is 9.00. The summed E-state index contributed by atoms with van der Waals surface area (Å²) in [7, 11) is 0. The highest BCUT2D eigenvalue weighted by molar-refractivity contribution is 5.62. The largest absolute Gasteiger partial charge is 0.481 e. The highest BCUT2D eigenvalue weighted by Gasteiger charge is 2.11. The molecule has 0 aliphatic heterocycles. The van der Waals surface area contributed by atoms with Crippen LogP contribution in [0.2, 0.25) is 0 Å². The fraction of sp³-hybridized carbons (Fsp3) is 0.500. The quantitative estimate of drug-likeness (QED) is 0.603. The van der Waals surface area contributed by atoms with Gasteiger partial charge in [0.25, 0.3) is 5.97 Å². The van der Waals surface area contributed by atoms with Gasteiger partial charge in [0.15, 0.2) is 0 Å². The van der Waals surface area contributed by atoms with Crippen LogP contribution in [0.4, 0.5) is 0 Å². The van der Waals surface area contributed by atoms with Crippen LogP contribution in [0.5, 0.6) is 0 Å². The molecule has 0 saturated carbocycles. The Bertz CT molecular complexity index is 196. The SMILES string of the molecule is CC(=O)O.CC1(C)C=CC=CC1. The van der Waals surface area contributed by atoms with E-state index in [1.54, 1.807) is 0 Å². The summed E-state index contributed by atoms with van der Waals surface area (Å²) >= 11 is 0. The van der Waals surface area contributed by atoms with Crippen LogP contribution in [0.15, 0.2) is 24.3 Å². The van der Waals surface area contributed by atoms with Crippen molar-refractivity contribution in [1.29, 1.82) is 0 Å². The van der Waals surface area contributed by atoms with E-state index in [1.165, 1.54) is 6.42 Å². The van der Waals surface area contributed by atoms with Gasteiger partial charge in [-0.25, -0.2) is 0 Å². The molecule has 2 nitrogen and oxygen atoms in total. The maximum absolute atomic E-state index is 9.00. The number of hydrogen-bond donors (Lipinski definition) is 1. The van der Waals surface area contributed by atoms with E-state index in [0.717, 1.165) is 6.92 Å². The fourth-order valence-corrected chi connectivity index (χ4v) is 0.834. The molecule has 2 heteroatoms. The highest BCUT2D eigenvalue weighted by atomic mass is 16.4. The summed E-state index contributed by atoms with van der Waals surface area (Å²) in [5.74, 6) is -0.833. The topological polar surface area (TPSA) is 37.3 Å². The Kier molecular flexibility index (Phi) is 4.34. The third-order valence-corrected chi connectivity index (χ3v) is 1.44. The molecule has 0 saturated heterocycles. The van der Waals surface area contributed by atoms with Crippen molar-refractivity contribution in [2.45, 2.75) is 27.2 Å². The van der Waals surface area contributed by atoms with Crippen molar-refractivity contribution < 1.29 is 9.90 Å². The van der Waals surface area contributed by atoms with Crippen molar-refractivity contribution in [3.8, 4) is 0 Å². The lowest BCUT2D eigenvalue weighted by Gasteiger charge is -2.19. The number of carboxylic acids is 1. The third-order valence-electron chi connectivity index (χ3n) is 1.44. The molecule has 0 atom stereocenters. The number of carboxylic acid groups (broad SMARTS) is 1. The van der Waals surface area contributed by atoms with Crippen LogP contribution < -0.4 is 0 Å². The van der Waals surface area contributed by atoms with Gasteiger partial charge in [0.05, 0.1) is 0 Å². The average Bonchev–Trinajstić information content (AvgIpc) is 1.85. The molecule has 0 aromatic heterocycles. The van der Waals surface area contributed by atoms with Crippen LogP contribution in [-0.4, -0.2) is 11.1 Å². The van der Waals surface area contributed by atoms with Gasteiger partial charge in [-0.15, -0.1) is 0 Å². The van der Waals surface area contributed by atoms with E-state index >= 15 is 0 Å².